The summed E-state index contributed by atoms with van der Waals surface area (Å²) < 4.78 is 39.7. The molecule has 1 amide bonds. The number of benzene rings is 3. The van der Waals surface area contributed by atoms with Gasteiger partial charge in [-0.1, -0.05) is 35.0 Å². The summed E-state index contributed by atoms with van der Waals surface area (Å²) in [5.41, 5.74) is 1.27. The first-order valence-corrected chi connectivity index (χ1v) is 13.5. The van der Waals surface area contributed by atoms with Crippen LogP contribution >= 0.6 is 15.9 Å². The Bertz CT molecular complexity index is 1210. The fourth-order valence-corrected chi connectivity index (χ4v) is 5.24. The van der Waals surface area contributed by atoms with Gasteiger partial charge >= 0.3 is 0 Å². The molecule has 186 valence electrons. The summed E-state index contributed by atoms with van der Waals surface area (Å²) in [6.45, 7) is 3.94. The van der Waals surface area contributed by atoms with E-state index >= 15 is 0 Å². The third kappa shape index (κ3) is 6.76. The number of methoxy groups -OCH3 is 1. The van der Waals surface area contributed by atoms with Gasteiger partial charge < -0.3 is 14.8 Å². The SMILES string of the molecule is CCOc1ccc(N(CC(=O)N[C@@H](CC)c2ccc(OC)cc2)S(=O)(=O)c2ccc(Br)cc2)cc1. The Morgan fingerprint density at radius 2 is 1.54 bits per heavy atom. The number of carbonyl (C=O) groups is 1. The average molecular weight is 561 g/mol. The number of carbonyl (C=O) groups excluding carboxylic acids is 1. The monoisotopic (exact) mass is 560 g/mol. The lowest BCUT2D eigenvalue weighted by Gasteiger charge is -2.26. The zero-order valence-electron chi connectivity index (χ0n) is 19.9. The van der Waals surface area contributed by atoms with Crippen molar-refractivity contribution in [3.63, 3.8) is 0 Å². The third-order valence-electron chi connectivity index (χ3n) is 5.39. The van der Waals surface area contributed by atoms with Crippen molar-refractivity contribution in [1.29, 1.82) is 0 Å². The molecule has 0 fully saturated rings. The van der Waals surface area contributed by atoms with Gasteiger partial charge in [-0.15, -0.1) is 0 Å². The topological polar surface area (TPSA) is 84.9 Å². The van der Waals surface area contributed by atoms with Crippen LogP contribution in [0, 0.1) is 0 Å². The highest BCUT2D eigenvalue weighted by Crippen LogP contribution is 2.27. The van der Waals surface area contributed by atoms with E-state index in [0.29, 0.717) is 24.5 Å². The molecule has 35 heavy (non-hydrogen) atoms. The van der Waals surface area contributed by atoms with Gasteiger partial charge in [-0.05, 0) is 79.6 Å². The van der Waals surface area contributed by atoms with E-state index < -0.39 is 15.9 Å². The Morgan fingerprint density at radius 1 is 0.943 bits per heavy atom. The number of hydrogen-bond acceptors (Lipinski definition) is 5. The number of rotatable bonds is 11. The molecule has 9 heteroatoms. The van der Waals surface area contributed by atoms with E-state index in [2.05, 4.69) is 21.2 Å². The predicted octanol–water partition coefficient (Wildman–Crippen LogP) is 5.32. The number of sulfonamides is 1. The smallest absolute Gasteiger partial charge is 0.264 e. The van der Waals surface area contributed by atoms with Crippen LogP contribution < -0.4 is 19.1 Å². The average Bonchev–Trinajstić information content (AvgIpc) is 2.87. The van der Waals surface area contributed by atoms with Crippen LogP contribution in [0.3, 0.4) is 0 Å². The van der Waals surface area contributed by atoms with Crippen molar-refractivity contribution in [1.82, 2.24) is 5.32 Å². The number of halogens is 1. The van der Waals surface area contributed by atoms with Crippen LogP contribution in [0.5, 0.6) is 11.5 Å². The molecular formula is C26H29BrN2O5S. The molecule has 0 aliphatic carbocycles. The van der Waals surface area contributed by atoms with Crippen LogP contribution in [0.1, 0.15) is 31.9 Å². The minimum atomic E-state index is -4.01. The molecule has 0 heterocycles. The number of amides is 1. The summed E-state index contributed by atoms with van der Waals surface area (Å²) in [6.07, 6.45) is 0.639. The van der Waals surface area contributed by atoms with E-state index in [1.165, 1.54) is 12.1 Å². The maximum atomic E-state index is 13.6. The molecular weight excluding hydrogens is 532 g/mol. The van der Waals surface area contributed by atoms with Gasteiger partial charge in [0, 0.05) is 4.47 Å². The molecule has 7 nitrogen and oxygen atoms in total. The van der Waals surface area contributed by atoms with Crippen LogP contribution in [0.2, 0.25) is 0 Å². The van der Waals surface area contributed by atoms with Gasteiger partial charge in [-0.25, -0.2) is 8.42 Å². The lowest BCUT2D eigenvalue weighted by molar-refractivity contribution is -0.120. The fourth-order valence-electron chi connectivity index (χ4n) is 3.55. The van der Waals surface area contributed by atoms with Gasteiger partial charge in [0.2, 0.25) is 5.91 Å². The number of hydrogen-bond donors (Lipinski definition) is 1. The first kappa shape index (κ1) is 26.6. The molecule has 3 aromatic rings. The van der Waals surface area contributed by atoms with Gasteiger partial charge in [-0.3, -0.25) is 9.10 Å². The first-order valence-electron chi connectivity index (χ1n) is 11.2. The molecule has 0 spiro atoms. The molecule has 0 saturated heterocycles. The van der Waals surface area contributed by atoms with Crippen LogP contribution in [0.4, 0.5) is 5.69 Å². The van der Waals surface area contributed by atoms with Crippen molar-refractivity contribution in [2.75, 3.05) is 24.6 Å². The second-order valence-electron chi connectivity index (χ2n) is 7.69. The van der Waals surface area contributed by atoms with Crippen molar-refractivity contribution >= 4 is 37.5 Å². The lowest BCUT2D eigenvalue weighted by atomic mass is 10.0. The highest BCUT2D eigenvalue weighted by molar-refractivity contribution is 9.10. The zero-order valence-corrected chi connectivity index (χ0v) is 22.3. The minimum absolute atomic E-state index is 0.0876. The largest absolute Gasteiger partial charge is 0.497 e. The van der Waals surface area contributed by atoms with Gasteiger partial charge in [0.15, 0.2) is 0 Å². The second kappa shape index (κ2) is 12.1. The quantitative estimate of drug-likeness (QED) is 0.343. The molecule has 0 aliphatic heterocycles. The predicted molar refractivity (Wildman–Crippen MR) is 140 cm³/mol. The highest BCUT2D eigenvalue weighted by Gasteiger charge is 2.28. The highest BCUT2D eigenvalue weighted by atomic mass is 79.9. The Morgan fingerprint density at radius 3 is 2.09 bits per heavy atom. The van der Waals surface area contributed by atoms with E-state index in [9.17, 15) is 13.2 Å². The zero-order chi connectivity index (χ0) is 25.4. The van der Waals surface area contributed by atoms with E-state index in [1.54, 1.807) is 43.5 Å². The maximum Gasteiger partial charge on any atom is 0.264 e. The molecule has 1 N–H and O–H groups in total. The molecule has 0 aliphatic rings. The van der Waals surface area contributed by atoms with E-state index in [0.717, 1.165) is 20.1 Å². The Hall–Kier alpha value is -3.04. The molecule has 1 atom stereocenters. The lowest BCUT2D eigenvalue weighted by Crippen LogP contribution is -2.42. The van der Waals surface area contributed by atoms with Gasteiger partial charge in [0.05, 0.1) is 30.3 Å². The van der Waals surface area contributed by atoms with Crippen molar-refractivity contribution in [2.45, 2.75) is 31.2 Å². The molecule has 0 saturated carbocycles. The Kier molecular flexibility index (Phi) is 9.17. The molecule has 3 aromatic carbocycles. The van der Waals surface area contributed by atoms with Crippen LogP contribution in [0.15, 0.2) is 82.2 Å². The Balaban J connectivity index is 1.89. The molecule has 0 unspecified atom stereocenters. The summed E-state index contributed by atoms with van der Waals surface area (Å²) in [5, 5.41) is 2.97. The van der Waals surface area contributed by atoms with E-state index in [-0.39, 0.29) is 17.5 Å². The Labute approximate surface area is 215 Å². The minimum Gasteiger partial charge on any atom is -0.497 e. The van der Waals surface area contributed by atoms with Crippen LogP contribution in [0.25, 0.3) is 0 Å². The summed E-state index contributed by atoms with van der Waals surface area (Å²) in [4.78, 5) is 13.2. The maximum absolute atomic E-state index is 13.6. The van der Waals surface area contributed by atoms with Crippen LogP contribution in [-0.4, -0.2) is 34.6 Å². The third-order valence-corrected chi connectivity index (χ3v) is 7.70. The van der Waals surface area contributed by atoms with Crippen LogP contribution in [-0.2, 0) is 14.8 Å². The molecule has 3 rings (SSSR count). The number of nitrogens with one attached hydrogen (secondary N) is 1. The van der Waals surface area contributed by atoms with Crippen molar-refractivity contribution in [3.05, 3.63) is 82.8 Å². The number of ether oxygens (including phenoxy) is 2. The molecule has 0 bridgehead atoms. The van der Waals surface area contributed by atoms with E-state index in [4.69, 9.17) is 9.47 Å². The fraction of sp³-hybridized carbons (Fsp3) is 0.269. The molecule has 0 radical (unpaired) electrons. The van der Waals surface area contributed by atoms with E-state index in [1.807, 2.05) is 38.1 Å². The number of anilines is 1. The summed E-state index contributed by atoms with van der Waals surface area (Å²) in [7, 11) is -2.42. The molecule has 0 aromatic heterocycles. The van der Waals surface area contributed by atoms with Crippen molar-refractivity contribution in [2.24, 2.45) is 0 Å². The first-order chi connectivity index (χ1) is 16.8. The number of nitrogens with zero attached hydrogens (tertiary/aromatic N) is 1. The standard InChI is InChI=1S/C26H29BrN2O5S/c1-4-25(19-6-12-22(33-3)13-7-19)28-26(30)18-29(21-10-14-23(15-11-21)34-5-2)35(31,32)24-16-8-20(27)9-17-24/h6-17,25H,4-5,18H2,1-3H3,(H,28,30)/t25-/m0/s1. The summed E-state index contributed by atoms with van der Waals surface area (Å²) in [5.74, 6) is 0.923. The van der Waals surface area contributed by atoms with Crippen molar-refractivity contribution in [3.8, 4) is 11.5 Å². The van der Waals surface area contributed by atoms with Gasteiger partial charge in [0.1, 0.15) is 18.0 Å². The summed E-state index contributed by atoms with van der Waals surface area (Å²) >= 11 is 3.33. The summed E-state index contributed by atoms with van der Waals surface area (Å²) in [6, 6.07) is 20.1. The normalized spacial score (nSPS) is 12.0. The van der Waals surface area contributed by atoms with Gasteiger partial charge in [-0.2, -0.15) is 0 Å². The van der Waals surface area contributed by atoms with Crippen molar-refractivity contribution < 1.29 is 22.7 Å². The van der Waals surface area contributed by atoms with Gasteiger partial charge in [0.25, 0.3) is 10.0 Å². The second-order valence-corrected chi connectivity index (χ2v) is 10.5.